The number of nitrogens with zero attached hydrogens (tertiary/aromatic N) is 3. The van der Waals surface area contributed by atoms with Crippen LogP contribution in [0.2, 0.25) is 0 Å². The highest BCUT2D eigenvalue weighted by Crippen LogP contribution is 2.45. The minimum absolute atomic E-state index is 0.0211. The maximum Gasteiger partial charge on any atom is 0.149 e. The molecule has 0 amide bonds. The molecule has 4 heteroatoms. The van der Waals surface area contributed by atoms with Gasteiger partial charge in [0.1, 0.15) is 11.6 Å². The first kappa shape index (κ1) is 29.5. The smallest absolute Gasteiger partial charge is 0.149 e. The number of phenolic OH excluding ortho intramolecular Hbond substituents is 1. The van der Waals surface area contributed by atoms with Crippen molar-refractivity contribution in [3.05, 3.63) is 192 Å². The molecule has 9 rings (SSSR count). The Morgan fingerprint density at radius 1 is 0.500 bits per heavy atom. The molecule has 2 aromatic heterocycles. The fraction of sp³-hybridized carbons (Fsp3) is 0.226. The summed E-state index contributed by atoms with van der Waals surface area (Å²) < 4.78 is 129. The predicted octanol–water partition coefficient (Wildman–Crippen LogP) is 16.6. The third-order valence-corrected chi connectivity index (χ3v) is 12.2. The Morgan fingerprint density at radius 3 is 1.85 bits per heavy atom. The molecule has 0 aliphatic heterocycles. The van der Waals surface area contributed by atoms with Gasteiger partial charge in [-0.05, 0) is 146 Å². The van der Waals surface area contributed by atoms with E-state index in [4.69, 9.17) is 30.5 Å². The number of aromatic nitrogens is 3. The van der Waals surface area contributed by atoms with Crippen molar-refractivity contribution in [3.63, 3.8) is 0 Å². The number of benzene rings is 7. The largest absolute Gasteiger partial charge is 0.507 e. The molecule has 0 fully saturated rings. The third kappa shape index (κ3) is 8.49. The fourth-order valence-corrected chi connectivity index (χ4v) is 8.59. The molecule has 1 N–H and O–H groups in total. The second-order valence-electron chi connectivity index (χ2n) is 19.1. The van der Waals surface area contributed by atoms with Crippen LogP contribution in [0.1, 0.15) is 110 Å². The molecule has 0 saturated carbocycles. The zero-order valence-corrected chi connectivity index (χ0v) is 37.9. The lowest BCUT2D eigenvalue weighted by Crippen LogP contribution is -2.17. The van der Waals surface area contributed by atoms with E-state index in [0.29, 0.717) is 66.9 Å². The molecule has 0 radical (unpaired) electrons. The molecule has 2 heterocycles. The summed E-state index contributed by atoms with van der Waals surface area (Å²) in [6, 6.07) is 46.2. The summed E-state index contributed by atoms with van der Waals surface area (Å²) in [5.74, 6) is 0.254. The number of hydrogen-bond donors (Lipinski definition) is 1. The van der Waals surface area contributed by atoms with Gasteiger partial charge in [-0.25, -0.2) is 4.98 Å². The van der Waals surface area contributed by atoms with Gasteiger partial charge in [-0.2, -0.15) is 0 Å². The van der Waals surface area contributed by atoms with E-state index in [1.807, 2.05) is 106 Å². The van der Waals surface area contributed by atoms with Crippen LogP contribution in [-0.4, -0.2) is 19.6 Å². The molecule has 0 aliphatic carbocycles. The van der Waals surface area contributed by atoms with Gasteiger partial charge in [0.05, 0.1) is 22.3 Å². The number of aromatic hydroxyl groups is 1. The highest BCUT2D eigenvalue weighted by Gasteiger charge is 2.29. The summed E-state index contributed by atoms with van der Waals surface area (Å²) in [4.78, 5) is 10.3. The van der Waals surface area contributed by atoms with Gasteiger partial charge in [-0.15, -0.1) is 0 Å². The lowest BCUT2D eigenvalue weighted by molar-refractivity contribution is 0.446. The molecule has 0 atom stereocenters. The minimum atomic E-state index is -3.42. The molecule has 66 heavy (non-hydrogen) atoms. The van der Waals surface area contributed by atoms with E-state index in [1.165, 1.54) is 30.3 Å². The molecule has 0 saturated heterocycles. The molecule has 0 aliphatic rings. The number of phenols is 1. The van der Waals surface area contributed by atoms with Crippen LogP contribution in [0.3, 0.4) is 0 Å². The van der Waals surface area contributed by atoms with E-state index >= 15 is 0 Å². The topological polar surface area (TPSA) is 50.9 Å². The SMILES string of the molecule is [2H]C([2H])([2H])c1cc(-n2c(-c3cc(C(C)(C)C)cc(C(C)(C)C)c3O)nc3c(-c4cc(-c5ccccc5)cc(-c5cc(-c6ccc(C(C([2H])([2H])[2H])(C([2H])([2H])[2H])C([2H])([2H])[2H])cc6)ccn5)c4)cccc32)cc(-c2ccccc2)c1C([2H])([2H])[2H]. The van der Waals surface area contributed by atoms with Gasteiger partial charge in [-0.1, -0.05) is 165 Å². The van der Waals surface area contributed by atoms with Crippen molar-refractivity contribution < 1.29 is 25.7 Å². The van der Waals surface area contributed by atoms with E-state index in [1.54, 1.807) is 53.2 Å². The van der Waals surface area contributed by atoms with Crippen LogP contribution in [0.4, 0.5) is 0 Å². The molecule has 4 nitrogen and oxygen atoms in total. The Labute approximate surface area is 412 Å². The molecule has 0 bridgehead atoms. The first-order valence-corrected chi connectivity index (χ1v) is 22.0. The molecular weight excluding hydrogens is 803 g/mol. The number of rotatable bonds is 7. The number of hydrogen-bond acceptors (Lipinski definition) is 3. The summed E-state index contributed by atoms with van der Waals surface area (Å²) in [7, 11) is 0. The van der Waals surface area contributed by atoms with E-state index < -0.39 is 50.5 Å². The van der Waals surface area contributed by atoms with Crippen molar-refractivity contribution in [2.75, 3.05) is 0 Å². The number of aryl methyl sites for hydroxylation is 1. The standard InChI is InChI=1S/C62H61N3O/c1-39-31-50(38-52(40(39)2)43-21-16-13-17-22-43)65-56-24-18-23-51(57(56)64-59(65)53-36-49(61(6,7)8)37-54(58(53)66)62(9,10)11)46-32-45(41-19-14-12-15-20-41)33-47(34-46)55-35-44(29-30-63-55)42-25-27-48(28-26-42)60(3,4)5/h12-38,66H,1-11H3/i1D3,2D3,3D3,4D3,5D3. The van der Waals surface area contributed by atoms with Crippen LogP contribution >= 0.6 is 0 Å². The van der Waals surface area contributed by atoms with E-state index in [0.717, 1.165) is 16.7 Å². The fourth-order valence-electron chi connectivity index (χ4n) is 8.59. The monoisotopic (exact) mass is 879 g/mol. The maximum absolute atomic E-state index is 12.6. The molecule has 9 aromatic rings. The van der Waals surface area contributed by atoms with Crippen molar-refractivity contribution >= 4 is 11.0 Å². The Hall–Kier alpha value is -7.04. The van der Waals surface area contributed by atoms with Crippen molar-refractivity contribution in [2.45, 2.75) is 92.0 Å². The molecular formula is C62H61N3O. The van der Waals surface area contributed by atoms with Crippen molar-refractivity contribution in [1.82, 2.24) is 14.5 Å². The van der Waals surface area contributed by atoms with Gasteiger partial charge in [0, 0.05) is 49.1 Å². The zero-order chi connectivity index (χ0) is 59.2. The second-order valence-corrected chi connectivity index (χ2v) is 19.1. The Kier molecular flexibility index (Phi) is 7.48. The summed E-state index contributed by atoms with van der Waals surface area (Å²) in [6.07, 6.45) is 1.61. The van der Waals surface area contributed by atoms with Gasteiger partial charge in [0.15, 0.2) is 0 Å². The van der Waals surface area contributed by atoms with Crippen LogP contribution in [0.5, 0.6) is 5.75 Å². The second kappa shape index (κ2) is 16.7. The number of imidazole rings is 1. The van der Waals surface area contributed by atoms with Crippen molar-refractivity contribution in [2.24, 2.45) is 0 Å². The van der Waals surface area contributed by atoms with Gasteiger partial charge >= 0.3 is 0 Å². The van der Waals surface area contributed by atoms with Crippen LogP contribution in [0, 0.1) is 13.7 Å². The first-order valence-electron chi connectivity index (χ1n) is 29.5. The molecule has 330 valence electrons. The lowest BCUT2D eigenvalue weighted by Gasteiger charge is -2.27. The first-order chi connectivity index (χ1) is 37.5. The quantitative estimate of drug-likeness (QED) is 0.174. The predicted molar refractivity (Wildman–Crippen MR) is 279 cm³/mol. The summed E-state index contributed by atoms with van der Waals surface area (Å²) in [5, 5.41) is 12.6. The van der Waals surface area contributed by atoms with Gasteiger partial charge in [-0.3, -0.25) is 9.55 Å². The van der Waals surface area contributed by atoms with Crippen molar-refractivity contribution in [3.8, 4) is 78.6 Å². The van der Waals surface area contributed by atoms with Gasteiger partial charge < -0.3 is 5.11 Å². The Balaban J connectivity index is 1.32. The highest BCUT2D eigenvalue weighted by molar-refractivity contribution is 5.98. The molecule has 7 aromatic carbocycles. The zero-order valence-electron chi connectivity index (χ0n) is 52.9. The van der Waals surface area contributed by atoms with Crippen molar-refractivity contribution in [1.29, 1.82) is 0 Å². The van der Waals surface area contributed by atoms with E-state index in [9.17, 15) is 5.11 Å². The Bertz CT molecular complexity index is 3780. The third-order valence-electron chi connectivity index (χ3n) is 12.2. The van der Waals surface area contributed by atoms with E-state index in [-0.39, 0.29) is 33.8 Å². The van der Waals surface area contributed by atoms with Crippen LogP contribution in [-0.2, 0) is 16.2 Å². The number of pyridine rings is 1. The molecule has 0 spiro atoms. The van der Waals surface area contributed by atoms with Gasteiger partial charge in [0.25, 0.3) is 0 Å². The molecule has 0 unspecified atom stereocenters. The number of para-hydroxylation sites is 1. The number of fused-ring (bicyclic) bond motifs is 1. The summed E-state index contributed by atoms with van der Waals surface area (Å²) in [6.45, 7) is -3.71. The maximum atomic E-state index is 12.6. The van der Waals surface area contributed by atoms with Gasteiger partial charge in [0.2, 0.25) is 0 Å². The highest BCUT2D eigenvalue weighted by atomic mass is 16.3. The normalized spacial score (nSPS) is 16.5. The van der Waals surface area contributed by atoms with Crippen LogP contribution in [0.15, 0.2) is 164 Å². The average Bonchev–Trinajstić information content (AvgIpc) is 3.98. The lowest BCUT2D eigenvalue weighted by atomic mass is 9.79. The van der Waals surface area contributed by atoms with E-state index in [2.05, 4.69) is 20.8 Å². The van der Waals surface area contributed by atoms with Crippen LogP contribution < -0.4 is 0 Å². The summed E-state index contributed by atoms with van der Waals surface area (Å²) in [5.41, 5.74) is 4.20. The Morgan fingerprint density at radius 2 is 1.18 bits per heavy atom. The average molecular weight is 879 g/mol. The van der Waals surface area contributed by atoms with Crippen LogP contribution in [0.25, 0.3) is 83.9 Å². The summed E-state index contributed by atoms with van der Waals surface area (Å²) >= 11 is 0. The minimum Gasteiger partial charge on any atom is -0.507 e.